The molecule has 0 radical (unpaired) electrons. The van der Waals surface area contributed by atoms with Gasteiger partial charge in [-0.2, -0.15) is 0 Å². The van der Waals surface area contributed by atoms with Crippen LogP contribution in [-0.2, 0) is 0 Å². The van der Waals surface area contributed by atoms with Crippen molar-refractivity contribution in [1.29, 1.82) is 0 Å². The molecule has 2 bridgehead atoms. The first-order valence-electron chi connectivity index (χ1n) is 4.78. The molecule has 1 fully saturated rings. The molecule has 4 atom stereocenters. The van der Waals surface area contributed by atoms with Crippen LogP contribution in [0.5, 0.6) is 0 Å². The Morgan fingerprint density at radius 3 is 2.19 bits per heavy atom. The lowest BCUT2D eigenvalue weighted by molar-refractivity contribution is 0.416. The van der Waals surface area contributed by atoms with E-state index in [0.717, 1.165) is 6.42 Å². The monoisotopic (exact) mass is 346 g/mol. The van der Waals surface area contributed by atoms with Crippen molar-refractivity contribution in [3.63, 3.8) is 0 Å². The lowest BCUT2D eigenvalue weighted by Crippen LogP contribution is -2.44. The van der Waals surface area contributed by atoms with Crippen LogP contribution in [0.15, 0.2) is 22.2 Å². The van der Waals surface area contributed by atoms with Gasteiger partial charge < -0.3 is 0 Å². The van der Waals surface area contributed by atoms with Gasteiger partial charge in [-0.3, -0.25) is 0 Å². The van der Waals surface area contributed by atoms with Crippen molar-refractivity contribution in [2.24, 2.45) is 11.8 Å². The first-order valence-corrected chi connectivity index (χ1v) is 7.05. The smallest absolute Gasteiger partial charge is 0.109 e. The predicted molar refractivity (Wildman–Crippen MR) is 71.1 cm³/mol. The quantitative estimate of drug-likeness (QED) is 0.327. The fourth-order valence-corrected chi connectivity index (χ4v) is 6.12. The van der Waals surface area contributed by atoms with Crippen molar-refractivity contribution in [1.82, 2.24) is 0 Å². The first kappa shape index (κ1) is 12.3. The fraction of sp³-hybridized carbons (Fsp3) is 0.600. The van der Waals surface area contributed by atoms with Gasteiger partial charge >= 0.3 is 0 Å². The van der Waals surface area contributed by atoms with Crippen molar-refractivity contribution in [2.45, 2.75) is 20.5 Å². The van der Waals surface area contributed by atoms with Crippen LogP contribution in [0.25, 0.3) is 0 Å². The molecule has 0 aromatic rings. The zero-order valence-electron chi connectivity index (χ0n) is 7.78. The van der Waals surface area contributed by atoms with E-state index >= 15 is 0 Å². The van der Waals surface area contributed by atoms with Gasteiger partial charge in [-0.25, -0.2) is 0 Å². The summed E-state index contributed by atoms with van der Waals surface area (Å²) < 4.78 is -1.38. The van der Waals surface area contributed by atoms with Crippen molar-refractivity contribution in [3.8, 4) is 0 Å². The van der Waals surface area contributed by atoms with E-state index in [1.54, 1.807) is 0 Å². The van der Waals surface area contributed by atoms with E-state index < -0.39 is 14.1 Å². The highest BCUT2D eigenvalue weighted by molar-refractivity contribution is 6.65. The summed E-state index contributed by atoms with van der Waals surface area (Å²) in [4.78, 5) is -2.18. The Morgan fingerprint density at radius 2 is 1.56 bits per heavy atom. The third kappa shape index (κ3) is 0.940. The Kier molecular flexibility index (Phi) is 2.46. The lowest BCUT2D eigenvalue weighted by Gasteiger charge is -2.33. The maximum Gasteiger partial charge on any atom is 0.167 e. The second kappa shape index (κ2) is 3.21. The van der Waals surface area contributed by atoms with Gasteiger partial charge in [0.05, 0.1) is 10.1 Å². The Hall–Kier alpha value is 1.22. The molecule has 3 rings (SSSR count). The third-order valence-electron chi connectivity index (χ3n) is 3.88. The molecular formula is C10H6Cl6. The third-order valence-corrected chi connectivity index (χ3v) is 8.20. The molecule has 16 heavy (non-hydrogen) atoms. The normalized spacial score (nSPS) is 52.6. The topological polar surface area (TPSA) is 0 Å². The van der Waals surface area contributed by atoms with E-state index in [1.165, 1.54) is 0 Å². The summed E-state index contributed by atoms with van der Waals surface area (Å²) in [6.45, 7) is 0. The summed E-state index contributed by atoms with van der Waals surface area (Å²) in [5.74, 6) is -0.0478. The van der Waals surface area contributed by atoms with Crippen LogP contribution in [0.3, 0.4) is 0 Å². The molecule has 4 unspecified atom stereocenters. The van der Waals surface area contributed by atoms with Crippen LogP contribution in [0.4, 0.5) is 0 Å². The van der Waals surface area contributed by atoms with Gasteiger partial charge in [0.15, 0.2) is 4.33 Å². The Bertz CT molecular complexity index is 439. The minimum atomic E-state index is -1.38. The molecule has 0 aromatic heterocycles. The molecule has 3 aliphatic carbocycles. The van der Waals surface area contributed by atoms with Crippen molar-refractivity contribution < 1.29 is 0 Å². The van der Waals surface area contributed by atoms with Crippen molar-refractivity contribution >= 4 is 69.6 Å². The Morgan fingerprint density at radius 1 is 1.00 bits per heavy atom. The molecule has 0 heterocycles. The number of hydrogen-bond acceptors (Lipinski definition) is 0. The highest BCUT2D eigenvalue weighted by Crippen LogP contribution is 2.77. The number of halogens is 6. The largest absolute Gasteiger partial charge is 0.167 e. The van der Waals surface area contributed by atoms with Crippen LogP contribution < -0.4 is 0 Å². The predicted octanol–water partition coefficient (Wildman–Crippen LogP) is 5.02. The molecule has 0 saturated heterocycles. The highest BCUT2D eigenvalue weighted by atomic mass is 35.5. The molecule has 0 N–H and O–H groups in total. The van der Waals surface area contributed by atoms with Gasteiger partial charge in [-0.1, -0.05) is 58.6 Å². The number of hydrogen-bond donors (Lipinski definition) is 0. The summed E-state index contributed by atoms with van der Waals surface area (Å²) in [5.41, 5.74) is 0. The van der Waals surface area contributed by atoms with Crippen LogP contribution >= 0.6 is 69.6 Å². The van der Waals surface area contributed by atoms with Gasteiger partial charge in [-0.05, 0) is 12.3 Å². The molecule has 88 valence electrons. The number of fused-ring (bicyclic) bond motifs is 5. The van der Waals surface area contributed by atoms with E-state index in [1.807, 2.05) is 12.2 Å². The average Bonchev–Trinajstić information content (AvgIpc) is 2.78. The van der Waals surface area contributed by atoms with Gasteiger partial charge in [0, 0.05) is 5.92 Å². The maximum absolute atomic E-state index is 6.56. The molecule has 0 nitrogen and oxygen atoms in total. The second-order valence-corrected chi connectivity index (χ2v) is 7.70. The van der Waals surface area contributed by atoms with Gasteiger partial charge in [0.1, 0.15) is 9.75 Å². The van der Waals surface area contributed by atoms with Crippen LogP contribution in [-0.4, -0.2) is 14.1 Å². The molecule has 0 amide bonds. The molecule has 1 saturated carbocycles. The molecule has 0 aromatic carbocycles. The Labute approximate surface area is 123 Å². The fourth-order valence-electron chi connectivity index (χ4n) is 3.08. The van der Waals surface area contributed by atoms with E-state index in [4.69, 9.17) is 69.6 Å². The highest BCUT2D eigenvalue weighted by Gasteiger charge is 2.81. The zero-order chi connectivity index (χ0) is 11.9. The van der Waals surface area contributed by atoms with E-state index in [0.29, 0.717) is 5.03 Å². The van der Waals surface area contributed by atoms with Crippen LogP contribution in [0, 0.1) is 11.8 Å². The number of rotatable bonds is 0. The van der Waals surface area contributed by atoms with Crippen molar-refractivity contribution in [3.05, 3.63) is 22.2 Å². The summed E-state index contributed by atoms with van der Waals surface area (Å²) in [6.07, 6.45) is 4.77. The molecule has 0 aliphatic heterocycles. The summed E-state index contributed by atoms with van der Waals surface area (Å²) >= 11 is 38.2. The Balaban J connectivity index is 2.32. The zero-order valence-corrected chi connectivity index (χ0v) is 12.3. The maximum atomic E-state index is 6.56. The second-order valence-electron chi connectivity index (χ2n) is 4.42. The number of alkyl halides is 4. The lowest BCUT2D eigenvalue weighted by atomic mass is 10.8. The number of allylic oxidation sites excluding steroid dienone is 4. The summed E-state index contributed by atoms with van der Waals surface area (Å²) in [5, 5.41) is 0.574. The van der Waals surface area contributed by atoms with Crippen molar-refractivity contribution in [2.75, 3.05) is 0 Å². The summed E-state index contributed by atoms with van der Waals surface area (Å²) in [7, 11) is 0. The van der Waals surface area contributed by atoms with E-state index in [9.17, 15) is 0 Å². The molecule has 3 aliphatic rings. The first-order chi connectivity index (χ1) is 7.29. The minimum absolute atomic E-state index is 0.0108. The van der Waals surface area contributed by atoms with Gasteiger partial charge in [-0.15, -0.1) is 23.2 Å². The van der Waals surface area contributed by atoms with E-state index in [2.05, 4.69) is 0 Å². The average molecular weight is 349 g/mol. The molecular weight excluding hydrogens is 343 g/mol. The van der Waals surface area contributed by atoms with Crippen LogP contribution in [0.2, 0.25) is 0 Å². The van der Waals surface area contributed by atoms with Gasteiger partial charge in [0.25, 0.3) is 0 Å². The van der Waals surface area contributed by atoms with Gasteiger partial charge in [0.2, 0.25) is 0 Å². The molecule has 0 spiro atoms. The van der Waals surface area contributed by atoms with E-state index in [-0.39, 0.29) is 16.9 Å². The molecule has 6 heteroatoms. The standard InChI is InChI=1S/C10H6Cl6/c11-6-7(12)9(14)5-3-1-2-4(5)8(6,13)10(9,15)16/h1-2,4-5H,3H2/i1+1,2+1,3+1,4+1,5+1,6+1,7+1,8+1,9+1,10+1. The summed E-state index contributed by atoms with van der Waals surface area (Å²) in [6, 6.07) is 0. The SMILES string of the molecule is Cl[13C]1=[13C](Cl)[13C]2(Cl)[13CH]3[13CH2][13CH]=[13CH][13CH]3[13C]1(Cl)[13C]2(Cl)Cl. The minimum Gasteiger partial charge on any atom is -0.109 e. The van der Waals surface area contributed by atoms with Crippen LogP contribution in [0.1, 0.15) is 6.42 Å².